The second-order valence-corrected chi connectivity index (χ2v) is 8.21. The molecule has 0 bridgehead atoms. The molecule has 1 aliphatic rings. The fourth-order valence-electron chi connectivity index (χ4n) is 4.08. The lowest BCUT2D eigenvalue weighted by Gasteiger charge is -2.41. The number of aliphatic hydroxyl groups is 1. The van der Waals surface area contributed by atoms with Crippen LogP contribution in [0.2, 0.25) is 0 Å². The van der Waals surface area contributed by atoms with Crippen LogP contribution in [0.25, 0.3) is 0 Å². The largest absolute Gasteiger partial charge is 0.388 e. The molecule has 1 aromatic carbocycles. The van der Waals surface area contributed by atoms with Gasteiger partial charge in [-0.25, -0.2) is 9.97 Å². The van der Waals surface area contributed by atoms with E-state index in [1.165, 1.54) is 22.9 Å². The monoisotopic (exact) mass is 432 g/mol. The Morgan fingerprint density at radius 3 is 2.50 bits per heavy atom. The summed E-state index contributed by atoms with van der Waals surface area (Å²) in [6.45, 7) is 8.15. The standard InChI is InChI=1S/C24H28N6O2/c1-16-14-29(9-10-30(16)23-13-25-21(12-26-23)22(32)15-31)24-18(3)17(2)20(27-28-24)11-19-7-5-4-6-8-19/h4-8,12-13,16,31H,9-11,14-15H2,1-3H3. The fraction of sp³-hybridized carbons (Fsp3) is 0.375. The highest BCUT2D eigenvalue weighted by Crippen LogP contribution is 2.26. The molecular formula is C24H28N6O2. The molecule has 1 unspecified atom stereocenters. The van der Waals surface area contributed by atoms with E-state index in [0.717, 1.165) is 43.4 Å². The zero-order valence-electron chi connectivity index (χ0n) is 18.7. The highest BCUT2D eigenvalue weighted by atomic mass is 16.3. The summed E-state index contributed by atoms with van der Waals surface area (Å²) in [5, 5.41) is 18.1. The van der Waals surface area contributed by atoms with Gasteiger partial charge in [-0.1, -0.05) is 30.3 Å². The van der Waals surface area contributed by atoms with Gasteiger partial charge in [0.15, 0.2) is 5.82 Å². The van der Waals surface area contributed by atoms with E-state index in [4.69, 9.17) is 5.11 Å². The summed E-state index contributed by atoms with van der Waals surface area (Å²) in [5.41, 5.74) is 4.77. The summed E-state index contributed by atoms with van der Waals surface area (Å²) in [4.78, 5) is 24.6. The maximum Gasteiger partial charge on any atom is 0.208 e. The number of benzene rings is 1. The minimum atomic E-state index is -0.562. The number of hydrogen-bond donors (Lipinski definition) is 1. The molecule has 3 aromatic rings. The van der Waals surface area contributed by atoms with E-state index in [1.54, 1.807) is 6.20 Å². The topological polar surface area (TPSA) is 95.3 Å². The molecule has 2 aromatic heterocycles. The zero-order valence-corrected chi connectivity index (χ0v) is 18.7. The predicted octanol–water partition coefficient (Wildman–Crippen LogP) is 2.36. The van der Waals surface area contributed by atoms with E-state index in [-0.39, 0.29) is 11.7 Å². The van der Waals surface area contributed by atoms with Crippen LogP contribution in [-0.2, 0) is 6.42 Å². The molecule has 8 nitrogen and oxygen atoms in total. The molecule has 1 saturated heterocycles. The molecule has 32 heavy (non-hydrogen) atoms. The molecule has 1 aliphatic heterocycles. The van der Waals surface area contributed by atoms with Crippen LogP contribution in [0.15, 0.2) is 42.7 Å². The number of hydrogen-bond acceptors (Lipinski definition) is 8. The molecule has 0 radical (unpaired) electrons. The third kappa shape index (κ3) is 4.45. The van der Waals surface area contributed by atoms with Crippen LogP contribution in [0.3, 0.4) is 0 Å². The molecular weight excluding hydrogens is 404 g/mol. The molecule has 1 fully saturated rings. The molecule has 4 rings (SSSR count). The van der Waals surface area contributed by atoms with Gasteiger partial charge in [-0.05, 0) is 37.5 Å². The van der Waals surface area contributed by atoms with Crippen LogP contribution in [0.5, 0.6) is 0 Å². The lowest BCUT2D eigenvalue weighted by atomic mass is 10.0. The first-order chi connectivity index (χ1) is 15.5. The van der Waals surface area contributed by atoms with Crippen LogP contribution in [0.4, 0.5) is 11.6 Å². The number of carbonyl (C=O) groups is 1. The Morgan fingerprint density at radius 1 is 1.06 bits per heavy atom. The molecule has 0 spiro atoms. The third-order valence-electron chi connectivity index (χ3n) is 6.10. The Labute approximate surface area is 188 Å². The summed E-state index contributed by atoms with van der Waals surface area (Å²) in [6, 6.07) is 10.5. The van der Waals surface area contributed by atoms with Crippen molar-refractivity contribution in [2.45, 2.75) is 33.2 Å². The molecule has 8 heteroatoms. The van der Waals surface area contributed by atoms with Crippen molar-refractivity contribution in [2.75, 3.05) is 36.0 Å². The molecule has 0 amide bonds. The minimum absolute atomic E-state index is 0.180. The van der Waals surface area contributed by atoms with Crippen molar-refractivity contribution < 1.29 is 9.90 Å². The maximum absolute atomic E-state index is 11.6. The van der Waals surface area contributed by atoms with Crippen LogP contribution in [0.1, 0.15) is 39.8 Å². The van der Waals surface area contributed by atoms with Gasteiger partial charge < -0.3 is 14.9 Å². The van der Waals surface area contributed by atoms with E-state index in [9.17, 15) is 4.79 Å². The van der Waals surface area contributed by atoms with Gasteiger partial charge in [0.2, 0.25) is 5.78 Å². The predicted molar refractivity (Wildman–Crippen MR) is 123 cm³/mol. The Bertz CT molecular complexity index is 1090. The normalized spacial score (nSPS) is 16.3. The van der Waals surface area contributed by atoms with Crippen LogP contribution in [0, 0.1) is 13.8 Å². The van der Waals surface area contributed by atoms with E-state index in [2.05, 4.69) is 62.9 Å². The summed E-state index contributed by atoms with van der Waals surface area (Å²) in [5.74, 6) is 1.23. The Hall–Kier alpha value is -3.39. The van der Waals surface area contributed by atoms with E-state index in [1.807, 2.05) is 18.2 Å². The third-order valence-corrected chi connectivity index (χ3v) is 6.10. The molecule has 1 N–H and O–H groups in total. The van der Waals surface area contributed by atoms with Crippen molar-refractivity contribution >= 4 is 17.4 Å². The number of rotatable bonds is 6. The Morgan fingerprint density at radius 2 is 1.84 bits per heavy atom. The zero-order chi connectivity index (χ0) is 22.7. The van der Waals surface area contributed by atoms with Gasteiger partial charge >= 0.3 is 0 Å². The van der Waals surface area contributed by atoms with Gasteiger partial charge in [0.05, 0.1) is 18.1 Å². The quantitative estimate of drug-likeness (QED) is 0.593. The van der Waals surface area contributed by atoms with Crippen molar-refractivity contribution in [3.8, 4) is 0 Å². The first-order valence-corrected chi connectivity index (χ1v) is 10.8. The highest BCUT2D eigenvalue weighted by Gasteiger charge is 2.27. The molecule has 0 aliphatic carbocycles. The summed E-state index contributed by atoms with van der Waals surface area (Å²) >= 11 is 0. The number of aromatic nitrogens is 4. The second kappa shape index (κ2) is 9.40. The SMILES string of the molecule is Cc1c(Cc2ccccc2)nnc(N2CCN(c3cnc(C(=O)CO)cn3)C(C)C2)c1C. The number of Topliss-reactive ketones (excluding diaryl/α,β-unsaturated/α-hetero) is 1. The van der Waals surface area contributed by atoms with Gasteiger partial charge in [0.1, 0.15) is 18.1 Å². The summed E-state index contributed by atoms with van der Waals surface area (Å²) in [6.07, 6.45) is 3.80. The highest BCUT2D eigenvalue weighted by molar-refractivity contribution is 5.94. The van der Waals surface area contributed by atoms with Crippen molar-refractivity contribution in [1.82, 2.24) is 20.2 Å². The number of aliphatic hydroxyl groups excluding tert-OH is 1. The minimum Gasteiger partial charge on any atom is -0.388 e. The lowest BCUT2D eigenvalue weighted by molar-refractivity contribution is 0.0898. The number of anilines is 2. The van der Waals surface area contributed by atoms with Crippen molar-refractivity contribution in [2.24, 2.45) is 0 Å². The molecule has 1 atom stereocenters. The number of nitrogens with zero attached hydrogens (tertiary/aromatic N) is 6. The lowest BCUT2D eigenvalue weighted by Crippen LogP contribution is -2.53. The Balaban J connectivity index is 1.47. The van der Waals surface area contributed by atoms with Crippen molar-refractivity contribution in [1.29, 1.82) is 0 Å². The number of piperazine rings is 1. The van der Waals surface area contributed by atoms with E-state index >= 15 is 0 Å². The maximum atomic E-state index is 11.6. The van der Waals surface area contributed by atoms with Crippen molar-refractivity contribution in [3.05, 3.63) is 70.8 Å². The van der Waals surface area contributed by atoms with E-state index in [0.29, 0.717) is 0 Å². The first kappa shape index (κ1) is 21.8. The number of carbonyl (C=O) groups excluding carboxylic acids is 1. The summed E-state index contributed by atoms with van der Waals surface area (Å²) in [7, 11) is 0. The van der Waals surface area contributed by atoms with Crippen LogP contribution in [-0.4, -0.2) is 63.3 Å². The fourth-order valence-corrected chi connectivity index (χ4v) is 4.08. The second-order valence-electron chi connectivity index (χ2n) is 8.21. The average molecular weight is 433 g/mol. The van der Waals surface area contributed by atoms with Gasteiger partial charge in [-0.3, -0.25) is 4.79 Å². The van der Waals surface area contributed by atoms with Gasteiger partial charge in [0, 0.05) is 32.1 Å². The number of ketones is 1. The van der Waals surface area contributed by atoms with Gasteiger partial charge in [0.25, 0.3) is 0 Å². The molecule has 0 saturated carbocycles. The smallest absolute Gasteiger partial charge is 0.208 e. The summed E-state index contributed by atoms with van der Waals surface area (Å²) < 4.78 is 0. The van der Waals surface area contributed by atoms with Gasteiger partial charge in [-0.2, -0.15) is 5.10 Å². The first-order valence-electron chi connectivity index (χ1n) is 10.8. The molecule has 166 valence electrons. The van der Waals surface area contributed by atoms with Gasteiger partial charge in [-0.15, -0.1) is 5.10 Å². The van der Waals surface area contributed by atoms with Crippen molar-refractivity contribution in [3.63, 3.8) is 0 Å². The van der Waals surface area contributed by atoms with Crippen LogP contribution >= 0.6 is 0 Å². The molecule has 3 heterocycles. The average Bonchev–Trinajstić information content (AvgIpc) is 2.82. The Kier molecular flexibility index (Phi) is 6.41. The van der Waals surface area contributed by atoms with Crippen LogP contribution < -0.4 is 9.80 Å². The van der Waals surface area contributed by atoms with E-state index < -0.39 is 12.4 Å².